The molecule has 0 unspecified atom stereocenters. The van der Waals surface area contributed by atoms with Crippen molar-refractivity contribution in [3.8, 4) is 21.6 Å². The lowest BCUT2D eigenvalue weighted by Gasteiger charge is -2.12. The number of amides is 1. The predicted octanol–water partition coefficient (Wildman–Crippen LogP) is 4.82. The van der Waals surface area contributed by atoms with Gasteiger partial charge in [0.05, 0.1) is 15.6 Å². The summed E-state index contributed by atoms with van der Waals surface area (Å²) in [6, 6.07) is 14.9. The van der Waals surface area contributed by atoms with Crippen molar-refractivity contribution in [2.24, 2.45) is 5.73 Å². The minimum atomic E-state index is -0.273. The fourth-order valence-electron chi connectivity index (χ4n) is 3.09. The topological polar surface area (TPSA) is 56.0 Å². The summed E-state index contributed by atoms with van der Waals surface area (Å²) >= 11 is 1.70. The van der Waals surface area contributed by atoms with Crippen LogP contribution < -0.4 is 5.73 Å². The van der Waals surface area contributed by atoms with Gasteiger partial charge in [-0.2, -0.15) is 0 Å². The molecule has 2 N–H and O–H groups in total. The second-order valence-electron chi connectivity index (χ2n) is 6.36. The van der Waals surface area contributed by atoms with E-state index in [1.807, 2.05) is 13.8 Å². The average Bonchev–Trinajstić information content (AvgIpc) is 2.91. The van der Waals surface area contributed by atoms with Crippen LogP contribution in [0.2, 0.25) is 0 Å². The van der Waals surface area contributed by atoms with Gasteiger partial charge in [0.25, 0.3) is 0 Å². The highest BCUT2D eigenvalue weighted by Crippen LogP contribution is 2.34. The van der Waals surface area contributed by atoms with Crippen molar-refractivity contribution in [2.45, 2.75) is 33.6 Å². The Morgan fingerprint density at radius 2 is 1.88 bits per heavy atom. The maximum Gasteiger partial charge on any atom is 0.217 e. The molecule has 3 nitrogen and oxygen atoms in total. The van der Waals surface area contributed by atoms with Crippen molar-refractivity contribution < 1.29 is 4.79 Å². The first-order valence-electron chi connectivity index (χ1n) is 8.36. The Morgan fingerprint density at radius 1 is 1.08 bits per heavy atom. The van der Waals surface area contributed by atoms with Crippen molar-refractivity contribution in [3.05, 3.63) is 64.3 Å². The van der Waals surface area contributed by atoms with Crippen LogP contribution in [0.25, 0.3) is 21.6 Å². The Bertz CT molecular complexity index is 927. The number of primary amides is 1. The van der Waals surface area contributed by atoms with Gasteiger partial charge in [-0.25, -0.2) is 4.98 Å². The van der Waals surface area contributed by atoms with Gasteiger partial charge in [-0.3, -0.25) is 4.79 Å². The molecule has 25 heavy (non-hydrogen) atoms. The second kappa shape index (κ2) is 7.19. The van der Waals surface area contributed by atoms with Crippen LogP contribution >= 0.6 is 11.3 Å². The lowest BCUT2D eigenvalue weighted by Crippen LogP contribution is -2.11. The smallest absolute Gasteiger partial charge is 0.217 e. The summed E-state index contributed by atoms with van der Waals surface area (Å²) in [5, 5.41) is 1.06. The third kappa shape index (κ3) is 3.97. The number of aryl methyl sites for hydroxylation is 4. The monoisotopic (exact) mass is 350 g/mol. The van der Waals surface area contributed by atoms with Gasteiger partial charge >= 0.3 is 0 Å². The van der Waals surface area contributed by atoms with Crippen molar-refractivity contribution in [3.63, 3.8) is 0 Å². The zero-order valence-corrected chi connectivity index (χ0v) is 15.6. The lowest BCUT2D eigenvalue weighted by molar-refractivity contribution is -0.117. The third-order valence-corrected chi connectivity index (χ3v) is 5.36. The fourth-order valence-corrected chi connectivity index (χ4v) is 4.01. The first kappa shape index (κ1) is 17.4. The Labute approximate surface area is 152 Å². The third-order valence-electron chi connectivity index (χ3n) is 4.24. The molecule has 0 aliphatic heterocycles. The Balaban J connectivity index is 2.09. The van der Waals surface area contributed by atoms with Gasteiger partial charge in [0.2, 0.25) is 5.91 Å². The van der Waals surface area contributed by atoms with Crippen LogP contribution in [-0.4, -0.2) is 10.9 Å². The first-order chi connectivity index (χ1) is 11.9. The van der Waals surface area contributed by atoms with E-state index in [9.17, 15) is 4.79 Å². The number of nitrogens with two attached hydrogens (primary N) is 1. The van der Waals surface area contributed by atoms with E-state index in [0.29, 0.717) is 12.8 Å². The summed E-state index contributed by atoms with van der Waals surface area (Å²) in [4.78, 5) is 17.0. The number of thiazole rings is 1. The zero-order valence-electron chi connectivity index (χ0n) is 14.8. The van der Waals surface area contributed by atoms with Crippen LogP contribution in [0.15, 0.2) is 42.5 Å². The molecule has 0 bridgehead atoms. The molecule has 2 aromatic carbocycles. The molecule has 0 saturated carbocycles. The van der Waals surface area contributed by atoms with Gasteiger partial charge in [-0.05, 0) is 55.5 Å². The molecule has 0 saturated heterocycles. The van der Waals surface area contributed by atoms with Crippen LogP contribution in [-0.2, 0) is 11.2 Å². The van der Waals surface area contributed by atoms with Crippen LogP contribution in [0.4, 0.5) is 0 Å². The molecule has 1 aromatic heterocycles. The van der Waals surface area contributed by atoms with Gasteiger partial charge in [0.15, 0.2) is 0 Å². The van der Waals surface area contributed by atoms with E-state index in [2.05, 4.69) is 54.4 Å². The van der Waals surface area contributed by atoms with Gasteiger partial charge in [-0.1, -0.05) is 42.0 Å². The minimum Gasteiger partial charge on any atom is -0.370 e. The molecular weight excluding hydrogens is 328 g/mol. The van der Waals surface area contributed by atoms with Crippen molar-refractivity contribution in [1.82, 2.24) is 4.98 Å². The second-order valence-corrected chi connectivity index (χ2v) is 7.56. The predicted molar refractivity (Wildman–Crippen MR) is 105 cm³/mol. The van der Waals surface area contributed by atoms with E-state index >= 15 is 0 Å². The molecule has 0 spiro atoms. The molecule has 4 heteroatoms. The largest absolute Gasteiger partial charge is 0.370 e. The van der Waals surface area contributed by atoms with Crippen molar-refractivity contribution in [2.75, 3.05) is 0 Å². The fraction of sp³-hybridized carbons (Fsp3) is 0.238. The standard InChI is InChI=1S/C21H22N2OS/c1-13-5-4-6-16(11-13)19-9-7-18(12-17(19)8-10-20(22)24)21-14(2)23-15(3)25-21/h4-7,9,11-12H,8,10H2,1-3H3,(H2,22,24). The van der Waals surface area contributed by atoms with Crippen LogP contribution in [0.5, 0.6) is 0 Å². The molecule has 0 aliphatic rings. The molecule has 3 aromatic rings. The number of aromatic nitrogens is 1. The highest BCUT2D eigenvalue weighted by Gasteiger charge is 2.12. The van der Waals surface area contributed by atoms with Crippen LogP contribution in [0.3, 0.4) is 0 Å². The number of nitrogens with zero attached hydrogens (tertiary/aromatic N) is 1. The number of hydrogen-bond acceptors (Lipinski definition) is 3. The van der Waals surface area contributed by atoms with Crippen LogP contribution in [0, 0.1) is 20.8 Å². The summed E-state index contributed by atoms with van der Waals surface area (Å²) in [7, 11) is 0. The van der Waals surface area contributed by atoms with E-state index in [1.54, 1.807) is 11.3 Å². The minimum absolute atomic E-state index is 0.273. The highest BCUT2D eigenvalue weighted by molar-refractivity contribution is 7.15. The van der Waals surface area contributed by atoms with Gasteiger partial charge in [0, 0.05) is 6.42 Å². The van der Waals surface area contributed by atoms with Gasteiger partial charge in [0.1, 0.15) is 0 Å². The molecular formula is C21H22N2OS. The Hall–Kier alpha value is -2.46. The molecule has 128 valence electrons. The average molecular weight is 350 g/mol. The number of carbonyl (C=O) groups is 1. The quantitative estimate of drug-likeness (QED) is 0.717. The van der Waals surface area contributed by atoms with E-state index in [-0.39, 0.29) is 5.91 Å². The Kier molecular flexibility index (Phi) is 5.00. The molecule has 0 fully saturated rings. The summed E-state index contributed by atoms with van der Waals surface area (Å²) in [5.41, 5.74) is 12.3. The Morgan fingerprint density at radius 3 is 2.52 bits per heavy atom. The summed E-state index contributed by atoms with van der Waals surface area (Å²) in [6.45, 7) is 6.15. The van der Waals surface area contributed by atoms with E-state index in [4.69, 9.17) is 5.73 Å². The highest BCUT2D eigenvalue weighted by atomic mass is 32.1. The summed E-state index contributed by atoms with van der Waals surface area (Å²) in [5.74, 6) is -0.273. The maximum absolute atomic E-state index is 11.3. The van der Waals surface area contributed by atoms with E-state index in [1.165, 1.54) is 16.0 Å². The summed E-state index contributed by atoms with van der Waals surface area (Å²) < 4.78 is 0. The molecule has 0 atom stereocenters. The van der Waals surface area contributed by atoms with Crippen molar-refractivity contribution in [1.29, 1.82) is 0 Å². The van der Waals surface area contributed by atoms with Crippen LogP contribution in [0.1, 0.15) is 28.2 Å². The zero-order chi connectivity index (χ0) is 18.0. The number of hydrogen-bond donors (Lipinski definition) is 1. The molecule has 0 aliphatic carbocycles. The molecule has 0 radical (unpaired) electrons. The normalized spacial score (nSPS) is 10.8. The molecule has 1 heterocycles. The van der Waals surface area contributed by atoms with Crippen molar-refractivity contribution >= 4 is 17.2 Å². The van der Waals surface area contributed by atoms with Gasteiger partial charge < -0.3 is 5.73 Å². The van der Waals surface area contributed by atoms with E-state index < -0.39 is 0 Å². The number of rotatable bonds is 5. The lowest BCUT2D eigenvalue weighted by atomic mass is 9.93. The maximum atomic E-state index is 11.3. The molecule has 3 rings (SSSR count). The summed E-state index contributed by atoms with van der Waals surface area (Å²) in [6.07, 6.45) is 0.992. The molecule has 1 amide bonds. The number of carbonyl (C=O) groups excluding carboxylic acids is 1. The SMILES string of the molecule is Cc1cccc(-c2ccc(-c3sc(C)nc3C)cc2CCC(N)=O)c1. The van der Waals surface area contributed by atoms with Gasteiger partial charge in [-0.15, -0.1) is 11.3 Å². The van der Waals surface area contributed by atoms with E-state index in [0.717, 1.165) is 27.4 Å². The first-order valence-corrected chi connectivity index (χ1v) is 9.18. The number of benzene rings is 2.